The molecule has 0 saturated heterocycles. The lowest BCUT2D eigenvalue weighted by atomic mass is 9.45. The Hall–Kier alpha value is -1.28. The van der Waals surface area contributed by atoms with E-state index in [2.05, 4.69) is 19.2 Å². The Labute approximate surface area is 203 Å². The zero-order valence-electron chi connectivity index (χ0n) is 21.4. The molecule has 3 saturated carbocycles. The molecule has 0 aromatic carbocycles. The maximum Gasteiger partial charge on any atom is 0.339 e. The molecule has 7 nitrogen and oxygen atoms in total. The summed E-state index contributed by atoms with van der Waals surface area (Å²) in [6.07, 6.45) is 5.67. The Balaban J connectivity index is 1.60. The maximum absolute atomic E-state index is 13.6. The van der Waals surface area contributed by atoms with E-state index in [0.717, 1.165) is 25.7 Å². The summed E-state index contributed by atoms with van der Waals surface area (Å²) in [4.78, 5) is 25.7. The van der Waals surface area contributed by atoms with Crippen molar-refractivity contribution in [2.24, 2.45) is 28.6 Å². The number of esters is 1. The van der Waals surface area contributed by atoms with Crippen molar-refractivity contribution < 1.29 is 29.3 Å². The zero-order chi connectivity index (χ0) is 24.9. The highest BCUT2D eigenvalue weighted by Gasteiger charge is 2.70. The maximum atomic E-state index is 13.6. The topological polar surface area (TPSA) is 105 Å². The zero-order valence-corrected chi connectivity index (χ0v) is 21.4. The monoisotopic (exact) mass is 477 g/mol. The van der Waals surface area contributed by atoms with Gasteiger partial charge in [0.15, 0.2) is 11.4 Å². The van der Waals surface area contributed by atoms with Crippen LogP contribution in [0.4, 0.5) is 0 Å². The number of allylic oxidation sites excluding steroid dienone is 1. The Morgan fingerprint density at radius 3 is 2.65 bits per heavy atom. The first-order valence-corrected chi connectivity index (χ1v) is 13.1. The van der Waals surface area contributed by atoms with Crippen molar-refractivity contribution in [3.05, 3.63) is 11.6 Å². The number of nitrogens with one attached hydrogen (secondary N) is 1. The number of ether oxygens (including phenoxy) is 2. The molecule has 3 fully saturated rings. The van der Waals surface area contributed by atoms with Crippen molar-refractivity contribution in [3.63, 3.8) is 0 Å². The van der Waals surface area contributed by atoms with Crippen molar-refractivity contribution in [2.75, 3.05) is 20.3 Å². The van der Waals surface area contributed by atoms with E-state index in [9.17, 15) is 19.8 Å². The summed E-state index contributed by atoms with van der Waals surface area (Å²) >= 11 is 0. The second kappa shape index (κ2) is 9.30. The number of methoxy groups -OCH3 is 1. The summed E-state index contributed by atoms with van der Waals surface area (Å²) in [7, 11) is 1.58. The molecule has 192 valence electrons. The molecule has 8 unspecified atom stereocenters. The summed E-state index contributed by atoms with van der Waals surface area (Å²) in [5, 5.41) is 24.8. The third kappa shape index (κ3) is 3.78. The first-order chi connectivity index (χ1) is 16.0. The summed E-state index contributed by atoms with van der Waals surface area (Å²) in [6.45, 7) is 8.71. The largest absolute Gasteiger partial charge is 0.462 e. The molecule has 0 radical (unpaired) electrons. The van der Waals surface area contributed by atoms with Crippen LogP contribution in [-0.4, -0.2) is 66.1 Å². The number of hydrogen-bond donors (Lipinski definition) is 3. The lowest BCUT2D eigenvalue weighted by Crippen LogP contribution is -2.62. The molecule has 4 aliphatic rings. The smallest absolute Gasteiger partial charge is 0.339 e. The minimum absolute atomic E-state index is 0.0745. The Bertz CT molecular complexity index is 841. The summed E-state index contributed by atoms with van der Waals surface area (Å²) < 4.78 is 11.8. The average Bonchev–Trinajstić information content (AvgIpc) is 3.09. The molecule has 0 amide bonds. The molecule has 3 N–H and O–H groups in total. The van der Waals surface area contributed by atoms with Gasteiger partial charge in [0, 0.05) is 18.9 Å². The van der Waals surface area contributed by atoms with E-state index >= 15 is 0 Å². The standard InChI is InChI=1S/C27H43NO6/c1-6-28-21(16(2)29)15-34-24(32)27(33-5)12-10-20-19-8-7-17-13-18(30)9-11-25(17,3)23(19)22(31)14-26(20,27)4/h13,16,19-23,28-29,31H,6-12,14-15H2,1-5H3/t16?,19?,20?,21?,22?,23?,25?,26?,27-/m1/s1. The van der Waals surface area contributed by atoms with Gasteiger partial charge in [0.05, 0.1) is 18.2 Å². The Kier molecular flexibility index (Phi) is 7.06. The number of rotatable bonds is 7. The van der Waals surface area contributed by atoms with E-state index < -0.39 is 23.2 Å². The van der Waals surface area contributed by atoms with Gasteiger partial charge in [-0.15, -0.1) is 0 Å². The predicted molar refractivity (Wildman–Crippen MR) is 128 cm³/mol. The quantitative estimate of drug-likeness (QED) is 0.484. The van der Waals surface area contributed by atoms with Crippen LogP contribution in [0, 0.1) is 28.6 Å². The van der Waals surface area contributed by atoms with E-state index in [4.69, 9.17) is 9.47 Å². The van der Waals surface area contributed by atoms with Gasteiger partial charge in [0.2, 0.25) is 0 Å². The number of hydrogen-bond acceptors (Lipinski definition) is 7. The minimum Gasteiger partial charge on any atom is -0.462 e. The summed E-state index contributed by atoms with van der Waals surface area (Å²) in [6, 6.07) is -0.341. The fraction of sp³-hybridized carbons (Fsp3) is 0.852. The second-order valence-electron chi connectivity index (χ2n) is 11.7. The van der Waals surface area contributed by atoms with E-state index in [1.807, 2.05) is 13.0 Å². The van der Waals surface area contributed by atoms with Gasteiger partial charge in [-0.3, -0.25) is 4.79 Å². The lowest BCUT2D eigenvalue weighted by Gasteiger charge is -2.60. The molecule has 0 aromatic rings. The van der Waals surface area contributed by atoms with Crippen LogP contribution in [0.15, 0.2) is 11.6 Å². The molecule has 4 rings (SSSR count). The number of aliphatic hydroxyl groups is 2. The van der Waals surface area contributed by atoms with Crippen molar-refractivity contribution in [3.8, 4) is 0 Å². The Morgan fingerprint density at radius 2 is 2.00 bits per heavy atom. The molecule has 7 heteroatoms. The van der Waals surface area contributed by atoms with Crippen molar-refractivity contribution >= 4 is 11.8 Å². The summed E-state index contributed by atoms with van der Waals surface area (Å²) in [5.74, 6) is 0.429. The molecule has 0 spiro atoms. The molecule has 0 aromatic heterocycles. The van der Waals surface area contributed by atoms with Crippen LogP contribution in [0.25, 0.3) is 0 Å². The SMILES string of the molecule is CCNC(COC(=O)[C@]1(OC)CCC2C3CCC4=CC(=O)CCC4(C)C3C(O)CC21C)C(C)O. The third-order valence-corrected chi connectivity index (χ3v) is 10.1. The van der Waals surface area contributed by atoms with Gasteiger partial charge in [-0.05, 0) is 81.2 Å². The van der Waals surface area contributed by atoms with E-state index in [1.165, 1.54) is 5.57 Å². The number of likely N-dealkylation sites (N-methyl/N-ethyl adjacent to an activating group) is 1. The van der Waals surface area contributed by atoms with Gasteiger partial charge in [-0.2, -0.15) is 0 Å². The number of fused-ring (bicyclic) bond motifs is 5. The second-order valence-corrected chi connectivity index (χ2v) is 11.7. The minimum atomic E-state index is -1.11. The van der Waals surface area contributed by atoms with Gasteiger partial charge in [-0.25, -0.2) is 4.79 Å². The highest BCUT2D eigenvalue weighted by atomic mass is 16.6. The lowest BCUT2D eigenvalue weighted by molar-refractivity contribution is -0.207. The highest BCUT2D eigenvalue weighted by Crippen LogP contribution is 2.68. The first-order valence-electron chi connectivity index (χ1n) is 13.1. The molecule has 0 heterocycles. The molecule has 34 heavy (non-hydrogen) atoms. The number of ketones is 1. The van der Waals surface area contributed by atoms with Crippen LogP contribution in [0.2, 0.25) is 0 Å². The van der Waals surface area contributed by atoms with Crippen LogP contribution >= 0.6 is 0 Å². The van der Waals surface area contributed by atoms with E-state index in [1.54, 1.807) is 14.0 Å². The van der Waals surface area contributed by atoms with Crippen molar-refractivity contribution in [2.45, 2.75) is 96.5 Å². The van der Waals surface area contributed by atoms with Crippen molar-refractivity contribution in [1.29, 1.82) is 0 Å². The van der Waals surface area contributed by atoms with Crippen LogP contribution in [0.3, 0.4) is 0 Å². The number of carbonyl (C=O) groups is 2. The summed E-state index contributed by atoms with van der Waals surface area (Å²) in [5.41, 5.74) is -0.610. The van der Waals surface area contributed by atoms with Gasteiger partial charge in [0.1, 0.15) is 6.61 Å². The predicted octanol–water partition coefficient (Wildman–Crippen LogP) is 2.78. The Morgan fingerprint density at radius 1 is 1.26 bits per heavy atom. The molecule has 4 aliphatic carbocycles. The van der Waals surface area contributed by atoms with Crippen LogP contribution < -0.4 is 5.32 Å². The molecular formula is C27H43NO6. The number of aliphatic hydroxyl groups excluding tert-OH is 2. The van der Waals surface area contributed by atoms with Gasteiger partial charge < -0.3 is 25.0 Å². The first kappa shape index (κ1) is 25.8. The molecule has 0 aliphatic heterocycles. The average molecular weight is 478 g/mol. The fourth-order valence-electron chi connectivity index (χ4n) is 8.34. The van der Waals surface area contributed by atoms with Gasteiger partial charge in [-0.1, -0.05) is 26.3 Å². The van der Waals surface area contributed by atoms with Crippen molar-refractivity contribution in [1.82, 2.24) is 5.32 Å². The van der Waals surface area contributed by atoms with Gasteiger partial charge >= 0.3 is 5.97 Å². The third-order valence-electron chi connectivity index (χ3n) is 10.1. The highest BCUT2D eigenvalue weighted by molar-refractivity contribution is 5.91. The molecule has 9 atom stereocenters. The number of carbonyl (C=O) groups excluding carboxylic acids is 2. The van der Waals surface area contributed by atoms with E-state index in [-0.39, 0.29) is 47.6 Å². The van der Waals surface area contributed by atoms with Crippen LogP contribution in [0.5, 0.6) is 0 Å². The molecule has 0 bridgehead atoms. The fourth-order valence-corrected chi connectivity index (χ4v) is 8.34. The van der Waals surface area contributed by atoms with Crippen LogP contribution in [0.1, 0.15) is 72.6 Å². The van der Waals surface area contributed by atoms with E-state index in [0.29, 0.717) is 25.8 Å². The normalized spacial score (nSPS) is 43.3. The van der Waals surface area contributed by atoms with Gasteiger partial charge in [0.25, 0.3) is 0 Å². The van der Waals surface area contributed by atoms with Crippen LogP contribution in [-0.2, 0) is 19.1 Å². The molecular weight excluding hydrogens is 434 g/mol.